The Labute approximate surface area is 173 Å². The van der Waals surface area contributed by atoms with Crippen LogP contribution in [-0.2, 0) is 14.3 Å². The fourth-order valence-electron chi connectivity index (χ4n) is 3.19. The number of carbonyl (C=O) groups excluding carboxylic acids is 3. The number of halogens is 1. The topological polar surface area (TPSA) is 91.1 Å². The molecule has 4 amide bonds. The second kappa shape index (κ2) is 8.16. The van der Waals surface area contributed by atoms with Crippen LogP contribution in [-0.4, -0.2) is 59.6 Å². The number of amides is 4. The van der Waals surface area contributed by atoms with Crippen molar-refractivity contribution < 1.29 is 23.7 Å². The van der Waals surface area contributed by atoms with Gasteiger partial charge in [0, 0.05) is 16.3 Å². The zero-order valence-corrected chi connectivity index (χ0v) is 17.4. The van der Waals surface area contributed by atoms with E-state index in [1.165, 1.54) is 11.6 Å². The minimum atomic E-state index is -0.857. The zero-order valence-electron chi connectivity index (χ0n) is 16.7. The highest BCUT2D eigenvalue weighted by atomic mass is 35.5. The third-order valence-electron chi connectivity index (χ3n) is 4.73. The maximum absolute atomic E-state index is 13.1. The summed E-state index contributed by atoms with van der Waals surface area (Å²) in [5.41, 5.74) is 2.06. The number of nitrogens with one attached hydrogen (secondary N) is 1. The van der Waals surface area contributed by atoms with Crippen LogP contribution in [0.25, 0.3) is 0 Å². The molecule has 0 saturated heterocycles. The number of benzene rings is 1. The highest BCUT2D eigenvalue weighted by molar-refractivity contribution is 6.31. The van der Waals surface area contributed by atoms with E-state index < -0.39 is 30.3 Å². The number of imide groups is 1. The Morgan fingerprint density at radius 3 is 2.72 bits per heavy atom. The summed E-state index contributed by atoms with van der Waals surface area (Å²) in [5, 5.41) is 3.17. The van der Waals surface area contributed by atoms with Crippen LogP contribution in [0.5, 0.6) is 0 Å². The van der Waals surface area contributed by atoms with E-state index in [2.05, 4.69) is 10.3 Å². The number of carbonyl (C=O) groups is 3. The first-order valence-electron chi connectivity index (χ1n) is 9.14. The van der Waals surface area contributed by atoms with E-state index in [0.717, 1.165) is 10.5 Å². The molecule has 2 aliphatic rings. The van der Waals surface area contributed by atoms with Gasteiger partial charge >= 0.3 is 11.9 Å². The van der Waals surface area contributed by atoms with Crippen LogP contribution >= 0.6 is 11.6 Å². The van der Waals surface area contributed by atoms with E-state index in [4.69, 9.17) is 16.3 Å². The van der Waals surface area contributed by atoms with Crippen molar-refractivity contribution >= 4 is 47.2 Å². The Balaban J connectivity index is 1.85. The van der Waals surface area contributed by atoms with E-state index in [1.807, 2.05) is 13.8 Å². The van der Waals surface area contributed by atoms with Crippen LogP contribution in [0.1, 0.15) is 19.4 Å². The van der Waals surface area contributed by atoms with Crippen molar-refractivity contribution in [2.24, 2.45) is 10.9 Å². The number of urea groups is 1. The van der Waals surface area contributed by atoms with Crippen molar-refractivity contribution in [3.63, 3.8) is 0 Å². The molecule has 2 heterocycles. The summed E-state index contributed by atoms with van der Waals surface area (Å²) in [6, 6.07) is 4.46. The Kier molecular flexibility index (Phi) is 5.83. The van der Waals surface area contributed by atoms with Gasteiger partial charge in [0.25, 0.3) is 11.7 Å². The SMILES string of the molecule is CCOC1=C(C)C=NC2=[N+](C)C(=O)N(CC(=O)Nc3ccc(C)c(Cl)c3)C(=O)C12. The summed E-state index contributed by atoms with van der Waals surface area (Å²) < 4.78 is 6.93. The predicted molar refractivity (Wildman–Crippen MR) is 109 cm³/mol. The second-order valence-electron chi connectivity index (χ2n) is 6.81. The molecular formula is C20H22ClN4O4+. The number of fused-ring (bicyclic) bond motifs is 1. The number of ether oxygens (including phenoxy) is 1. The van der Waals surface area contributed by atoms with Gasteiger partial charge in [0.1, 0.15) is 12.0 Å². The van der Waals surface area contributed by atoms with Crippen molar-refractivity contribution in [2.75, 3.05) is 25.5 Å². The number of aliphatic imine (C=N–C) groups is 1. The zero-order chi connectivity index (χ0) is 21.3. The first kappa shape index (κ1) is 20.7. The number of dihydropyridines is 1. The van der Waals surface area contributed by atoms with Gasteiger partial charge in [0.05, 0.1) is 13.7 Å². The van der Waals surface area contributed by atoms with Crippen LogP contribution in [0.3, 0.4) is 0 Å². The monoisotopic (exact) mass is 417 g/mol. The van der Waals surface area contributed by atoms with Crippen LogP contribution in [0.15, 0.2) is 34.5 Å². The summed E-state index contributed by atoms with van der Waals surface area (Å²) in [5.74, 6) is -1.18. The van der Waals surface area contributed by atoms with Crippen LogP contribution in [0.4, 0.5) is 10.5 Å². The molecule has 0 bridgehead atoms. The average Bonchev–Trinajstić information content (AvgIpc) is 2.68. The van der Waals surface area contributed by atoms with Gasteiger partial charge in [-0.2, -0.15) is 9.48 Å². The molecule has 9 heteroatoms. The van der Waals surface area contributed by atoms with Gasteiger partial charge in [-0.05, 0) is 38.5 Å². The number of hydrogen-bond donors (Lipinski definition) is 1. The van der Waals surface area contributed by atoms with E-state index in [1.54, 1.807) is 31.3 Å². The van der Waals surface area contributed by atoms with Gasteiger partial charge in [-0.15, -0.1) is 4.99 Å². The number of hydrogen-bond acceptors (Lipinski definition) is 5. The van der Waals surface area contributed by atoms with Crippen LogP contribution in [0, 0.1) is 12.8 Å². The fraction of sp³-hybridized carbons (Fsp3) is 0.350. The first-order chi connectivity index (χ1) is 13.7. The Bertz CT molecular complexity index is 996. The van der Waals surface area contributed by atoms with Crippen molar-refractivity contribution in [1.82, 2.24) is 4.90 Å². The van der Waals surface area contributed by atoms with Crippen molar-refractivity contribution in [1.29, 1.82) is 0 Å². The molecule has 0 spiro atoms. The average molecular weight is 418 g/mol. The largest absolute Gasteiger partial charge is 0.496 e. The molecule has 152 valence electrons. The third kappa shape index (κ3) is 3.93. The molecule has 29 heavy (non-hydrogen) atoms. The molecular weight excluding hydrogens is 396 g/mol. The highest BCUT2D eigenvalue weighted by Gasteiger charge is 2.50. The molecule has 8 nitrogen and oxygen atoms in total. The normalized spacial score (nSPS) is 18.9. The van der Waals surface area contributed by atoms with E-state index >= 15 is 0 Å². The second-order valence-corrected chi connectivity index (χ2v) is 7.22. The van der Waals surface area contributed by atoms with E-state index in [-0.39, 0.29) is 5.84 Å². The minimum absolute atomic E-state index is 0.288. The summed E-state index contributed by atoms with van der Waals surface area (Å²) in [4.78, 5) is 43.5. The molecule has 1 N–H and O–H groups in total. The lowest BCUT2D eigenvalue weighted by Gasteiger charge is -2.29. The van der Waals surface area contributed by atoms with E-state index in [0.29, 0.717) is 28.6 Å². The number of rotatable bonds is 5. The summed E-state index contributed by atoms with van der Waals surface area (Å²) >= 11 is 6.08. The summed E-state index contributed by atoms with van der Waals surface area (Å²) in [6.45, 7) is 5.38. The van der Waals surface area contributed by atoms with Gasteiger partial charge < -0.3 is 10.1 Å². The molecule has 3 rings (SSSR count). The van der Waals surface area contributed by atoms with Crippen LogP contribution in [0.2, 0.25) is 5.02 Å². The smallest absolute Gasteiger partial charge is 0.446 e. The molecule has 1 unspecified atom stereocenters. The molecule has 0 aliphatic carbocycles. The Morgan fingerprint density at radius 2 is 2.07 bits per heavy atom. The van der Waals surface area contributed by atoms with Crippen molar-refractivity contribution in [3.05, 3.63) is 40.1 Å². The number of nitrogens with zero attached hydrogens (tertiary/aromatic N) is 3. The lowest BCUT2D eigenvalue weighted by atomic mass is 9.96. The Hall–Kier alpha value is -3.00. The van der Waals surface area contributed by atoms with Crippen LogP contribution < -0.4 is 5.32 Å². The van der Waals surface area contributed by atoms with Gasteiger partial charge in [-0.1, -0.05) is 17.7 Å². The Morgan fingerprint density at radius 1 is 1.34 bits per heavy atom. The minimum Gasteiger partial charge on any atom is -0.496 e. The highest BCUT2D eigenvalue weighted by Crippen LogP contribution is 2.28. The lowest BCUT2D eigenvalue weighted by molar-refractivity contribution is -0.408. The molecule has 1 aromatic rings. The molecule has 1 aromatic carbocycles. The molecule has 2 aliphatic heterocycles. The predicted octanol–water partition coefficient (Wildman–Crippen LogP) is 2.60. The lowest BCUT2D eigenvalue weighted by Crippen LogP contribution is -2.56. The first-order valence-corrected chi connectivity index (χ1v) is 9.52. The van der Waals surface area contributed by atoms with Gasteiger partial charge in [0.15, 0.2) is 12.5 Å². The molecule has 0 radical (unpaired) electrons. The van der Waals surface area contributed by atoms with Crippen molar-refractivity contribution in [3.8, 4) is 0 Å². The third-order valence-corrected chi connectivity index (χ3v) is 5.14. The summed E-state index contributed by atoms with van der Waals surface area (Å²) in [6.07, 6.45) is 1.57. The number of anilines is 1. The number of amidine groups is 1. The number of allylic oxidation sites excluding steroid dienone is 1. The van der Waals surface area contributed by atoms with E-state index in [9.17, 15) is 14.4 Å². The van der Waals surface area contributed by atoms with Gasteiger partial charge in [0.2, 0.25) is 0 Å². The van der Waals surface area contributed by atoms with Gasteiger partial charge in [-0.25, -0.2) is 4.79 Å². The maximum Gasteiger partial charge on any atom is 0.446 e. The quantitative estimate of drug-likeness (QED) is 0.745. The standard InChI is InChI=1S/C20H21ClN4O4/c1-5-29-17-12(3)9-22-18-16(17)19(27)25(20(28)24(18)4)10-15(26)23-13-7-6-11(2)14(21)8-13/h6-9,16H,5,10H2,1-4H3/p+1. The molecule has 1 atom stereocenters. The molecule has 0 aromatic heterocycles. The summed E-state index contributed by atoms with van der Waals surface area (Å²) in [7, 11) is 1.52. The fourth-order valence-corrected chi connectivity index (χ4v) is 3.37. The van der Waals surface area contributed by atoms with Crippen molar-refractivity contribution in [2.45, 2.75) is 20.8 Å². The van der Waals surface area contributed by atoms with Gasteiger partial charge in [-0.3, -0.25) is 9.59 Å². The number of aryl methyl sites for hydroxylation is 1. The maximum atomic E-state index is 13.1. The molecule has 0 fully saturated rings. The molecule has 0 saturated carbocycles.